The molecule has 1 atom stereocenters. The van der Waals surface area contributed by atoms with E-state index in [1.807, 2.05) is 0 Å². The standard InChI is InChI=1S/C20H24N2O7S/c1-2-8-30(25,26)22-15-5-3-4-14(9-15)20(24)21-11-16(23)12-27-17-6-7-18-19(10-17)29-13-28-18/h3-7,9-10,16,22-23H,2,8,11-13H2,1H3,(H,21,24). The van der Waals surface area contributed by atoms with Crippen LogP contribution in [0.25, 0.3) is 0 Å². The predicted octanol–water partition coefficient (Wildman–Crippen LogP) is 1.74. The van der Waals surface area contributed by atoms with Crippen LogP contribution in [0, 0.1) is 0 Å². The van der Waals surface area contributed by atoms with Crippen molar-refractivity contribution in [3.63, 3.8) is 0 Å². The second-order valence-electron chi connectivity index (χ2n) is 6.69. The quantitative estimate of drug-likeness (QED) is 0.518. The summed E-state index contributed by atoms with van der Waals surface area (Å²) in [5.74, 6) is 1.28. The van der Waals surface area contributed by atoms with E-state index in [4.69, 9.17) is 14.2 Å². The molecule has 9 nitrogen and oxygen atoms in total. The molecule has 3 N–H and O–H groups in total. The molecule has 3 rings (SSSR count). The van der Waals surface area contributed by atoms with E-state index in [-0.39, 0.29) is 31.3 Å². The van der Waals surface area contributed by atoms with Crippen molar-refractivity contribution >= 4 is 21.6 Å². The molecule has 162 valence electrons. The highest BCUT2D eigenvalue weighted by Gasteiger charge is 2.15. The van der Waals surface area contributed by atoms with Gasteiger partial charge in [0.15, 0.2) is 11.5 Å². The van der Waals surface area contributed by atoms with E-state index < -0.39 is 22.0 Å². The molecule has 2 aromatic rings. The summed E-state index contributed by atoms with van der Waals surface area (Å²) in [6.07, 6.45) is -0.451. The predicted molar refractivity (Wildman–Crippen MR) is 111 cm³/mol. The Labute approximate surface area is 175 Å². The Hall–Kier alpha value is -2.98. The van der Waals surface area contributed by atoms with E-state index in [0.717, 1.165) is 0 Å². The van der Waals surface area contributed by atoms with E-state index in [9.17, 15) is 18.3 Å². The molecule has 0 bridgehead atoms. The van der Waals surface area contributed by atoms with Gasteiger partial charge in [-0.05, 0) is 36.8 Å². The molecule has 10 heteroatoms. The number of carbonyl (C=O) groups excluding carboxylic acids is 1. The molecule has 1 aliphatic heterocycles. The van der Waals surface area contributed by atoms with E-state index in [1.54, 1.807) is 43.3 Å². The Balaban J connectivity index is 1.48. The lowest BCUT2D eigenvalue weighted by atomic mass is 10.2. The van der Waals surface area contributed by atoms with Crippen LogP contribution in [0.5, 0.6) is 17.2 Å². The zero-order chi connectivity index (χ0) is 21.6. The summed E-state index contributed by atoms with van der Waals surface area (Å²) in [6.45, 7) is 1.87. The summed E-state index contributed by atoms with van der Waals surface area (Å²) < 4.78 is 42.2. The highest BCUT2D eigenvalue weighted by Crippen LogP contribution is 2.35. The van der Waals surface area contributed by atoms with Crippen LogP contribution < -0.4 is 24.2 Å². The number of hydrogen-bond acceptors (Lipinski definition) is 7. The van der Waals surface area contributed by atoms with Crippen LogP contribution in [-0.2, 0) is 10.0 Å². The first-order valence-corrected chi connectivity index (χ1v) is 11.1. The zero-order valence-corrected chi connectivity index (χ0v) is 17.3. The smallest absolute Gasteiger partial charge is 0.251 e. The van der Waals surface area contributed by atoms with Crippen LogP contribution in [0.1, 0.15) is 23.7 Å². The lowest BCUT2D eigenvalue weighted by Crippen LogP contribution is -2.35. The van der Waals surface area contributed by atoms with E-state index >= 15 is 0 Å². The van der Waals surface area contributed by atoms with Gasteiger partial charge in [0.05, 0.1) is 5.75 Å². The molecule has 1 aliphatic rings. The van der Waals surface area contributed by atoms with Crippen LogP contribution in [0.2, 0.25) is 0 Å². The maximum absolute atomic E-state index is 12.3. The number of ether oxygens (including phenoxy) is 3. The minimum atomic E-state index is -3.45. The van der Waals surface area contributed by atoms with E-state index in [1.165, 1.54) is 6.07 Å². The zero-order valence-electron chi connectivity index (χ0n) is 16.5. The molecule has 1 unspecified atom stereocenters. The van der Waals surface area contributed by atoms with Gasteiger partial charge in [0.2, 0.25) is 16.8 Å². The first-order chi connectivity index (χ1) is 14.4. The third-order valence-corrected chi connectivity index (χ3v) is 5.65. The Morgan fingerprint density at radius 3 is 2.80 bits per heavy atom. The minimum absolute atomic E-state index is 0.00101. The summed E-state index contributed by atoms with van der Waals surface area (Å²) in [4.78, 5) is 12.3. The molecule has 0 spiro atoms. The Kier molecular flexibility index (Phi) is 7.01. The van der Waals surface area contributed by atoms with Crippen molar-refractivity contribution in [3.05, 3.63) is 48.0 Å². The molecule has 0 saturated heterocycles. The molecule has 0 fully saturated rings. The van der Waals surface area contributed by atoms with Gasteiger partial charge in [0, 0.05) is 23.9 Å². The van der Waals surface area contributed by atoms with Gasteiger partial charge in [-0.25, -0.2) is 8.42 Å². The molecule has 1 amide bonds. The Morgan fingerprint density at radius 1 is 1.20 bits per heavy atom. The third-order valence-electron chi connectivity index (χ3n) is 4.16. The van der Waals surface area contributed by atoms with Crippen LogP contribution >= 0.6 is 0 Å². The molecule has 0 saturated carbocycles. The number of aliphatic hydroxyl groups excluding tert-OH is 1. The van der Waals surface area contributed by atoms with Crippen LogP contribution in [0.4, 0.5) is 5.69 Å². The number of anilines is 1. The summed E-state index contributed by atoms with van der Waals surface area (Å²) in [7, 11) is -3.45. The number of amides is 1. The maximum atomic E-state index is 12.3. The largest absolute Gasteiger partial charge is 0.491 e. The van der Waals surface area contributed by atoms with Crippen molar-refractivity contribution in [1.82, 2.24) is 5.32 Å². The second kappa shape index (κ2) is 9.68. The third kappa shape index (κ3) is 6.01. The van der Waals surface area contributed by atoms with Crippen molar-refractivity contribution in [3.8, 4) is 17.2 Å². The average Bonchev–Trinajstić information content (AvgIpc) is 3.18. The number of carbonyl (C=O) groups is 1. The molecule has 2 aromatic carbocycles. The van der Waals surface area contributed by atoms with Crippen molar-refractivity contribution in [2.45, 2.75) is 19.4 Å². The fraction of sp³-hybridized carbons (Fsp3) is 0.350. The van der Waals surface area contributed by atoms with Crippen LogP contribution in [0.15, 0.2) is 42.5 Å². The molecule has 30 heavy (non-hydrogen) atoms. The number of rotatable bonds is 10. The number of sulfonamides is 1. The van der Waals surface area contributed by atoms with Gasteiger partial charge in [-0.3, -0.25) is 9.52 Å². The average molecular weight is 436 g/mol. The van der Waals surface area contributed by atoms with E-state index in [2.05, 4.69) is 10.0 Å². The highest BCUT2D eigenvalue weighted by atomic mass is 32.2. The van der Waals surface area contributed by atoms with Gasteiger partial charge in [-0.15, -0.1) is 0 Å². The SMILES string of the molecule is CCCS(=O)(=O)Nc1cccc(C(=O)NCC(O)COc2ccc3c(c2)OCO3)c1. The number of nitrogens with one attached hydrogen (secondary N) is 2. The summed E-state index contributed by atoms with van der Waals surface area (Å²) in [5.41, 5.74) is 0.582. The summed E-state index contributed by atoms with van der Waals surface area (Å²) >= 11 is 0. The van der Waals surface area contributed by atoms with Gasteiger partial charge in [0.1, 0.15) is 18.5 Å². The van der Waals surface area contributed by atoms with Gasteiger partial charge >= 0.3 is 0 Å². The summed E-state index contributed by atoms with van der Waals surface area (Å²) in [6, 6.07) is 11.2. The van der Waals surface area contributed by atoms with Crippen LogP contribution in [0.3, 0.4) is 0 Å². The number of benzene rings is 2. The molecule has 0 aromatic heterocycles. The first kappa shape index (κ1) is 21.7. The molecule has 1 heterocycles. The van der Waals surface area contributed by atoms with Crippen molar-refractivity contribution < 1.29 is 32.5 Å². The Bertz CT molecular complexity index is 994. The van der Waals surface area contributed by atoms with Crippen molar-refractivity contribution in [2.75, 3.05) is 30.4 Å². The fourth-order valence-corrected chi connectivity index (χ4v) is 3.88. The molecular weight excluding hydrogens is 412 g/mol. The topological polar surface area (TPSA) is 123 Å². The molecular formula is C20H24N2O7S. The number of fused-ring (bicyclic) bond motifs is 1. The lowest BCUT2D eigenvalue weighted by molar-refractivity contribution is 0.0843. The maximum Gasteiger partial charge on any atom is 0.251 e. The van der Waals surface area contributed by atoms with Crippen molar-refractivity contribution in [2.24, 2.45) is 0 Å². The normalized spacial score (nSPS) is 13.5. The van der Waals surface area contributed by atoms with E-state index in [0.29, 0.717) is 29.4 Å². The van der Waals surface area contributed by atoms with Gasteiger partial charge in [-0.2, -0.15) is 0 Å². The highest BCUT2D eigenvalue weighted by molar-refractivity contribution is 7.92. The fourth-order valence-electron chi connectivity index (χ4n) is 2.75. The number of hydrogen-bond donors (Lipinski definition) is 3. The van der Waals surface area contributed by atoms with Gasteiger partial charge in [0.25, 0.3) is 5.91 Å². The van der Waals surface area contributed by atoms with Crippen molar-refractivity contribution in [1.29, 1.82) is 0 Å². The lowest BCUT2D eigenvalue weighted by Gasteiger charge is -2.14. The Morgan fingerprint density at radius 2 is 2.00 bits per heavy atom. The van der Waals surface area contributed by atoms with Gasteiger partial charge in [-0.1, -0.05) is 13.0 Å². The second-order valence-corrected chi connectivity index (χ2v) is 8.53. The molecule has 0 radical (unpaired) electrons. The monoisotopic (exact) mass is 436 g/mol. The first-order valence-electron chi connectivity index (χ1n) is 9.45. The minimum Gasteiger partial charge on any atom is -0.491 e. The number of aliphatic hydroxyl groups is 1. The van der Waals surface area contributed by atoms with Crippen LogP contribution in [-0.4, -0.2) is 51.2 Å². The van der Waals surface area contributed by atoms with Gasteiger partial charge < -0.3 is 24.6 Å². The molecule has 0 aliphatic carbocycles. The summed E-state index contributed by atoms with van der Waals surface area (Å²) in [5, 5.41) is 12.7.